The number of para-hydroxylation sites is 1. The van der Waals surface area contributed by atoms with Crippen molar-refractivity contribution in [3.8, 4) is 5.75 Å². The van der Waals surface area contributed by atoms with Gasteiger partial charge in [-0.1, -0.05) is 32.0 Å². The van der Waals surface area contributed by atoms with Crippen LogP contribution in [0.15, 0.2) is 24.3 Å². The van der Waals surface area contributed by atoms with Gasteiger partial charge >= 0.3 is 0 Å². The predicted molar refractivity (Wildman–Crippen MR) is 73.3 cm³/mol. The van der Waals surface area contributed by atoms with Crippen molar-refractivity contribution in [3.63, 3.8) is 0 Å². The molecular formula is C15H23NO2. The van der Waals surface area contributed by atoms with E-state index in [0.717, 1.165) is 38.5 Å². The zero-order valence-corrected chi connectivity index (χ0v) is 11.3. The van der Waals surface area contributed by atoms with Gasteiger partial charge in [0.05, 0.1) is 13.2 Å². The summed E-state index contributed by atoms with van der Waals surface area (Å²) in [5.74, 6) is 1.43. The minimum absolute atomic E-state index is 0.338. The monoisotopic (exact) mass is 249 g/mol. The molecule has 1 aromatic carbocycles. The normalized spacial score (nSPS) is 19.3. The molecule has 3 nitrogen and oxygen atoms in total. The van der Waals surface area contributed by atoms with Crippen LogP contribution in [0.3, 0.4) is 0 Å². The average Bonchev–Trinajstić information content (AvgIpc) is 2.82. The van der Waals surface area contributed by atoms with Gasteiger partial charge in [-0.25, -0.2) is 0 Å². The van der Waals surface area contributed by atoms with Gasteiger partial charge in [-0.15, -0.1) is 0 Å². The highest BCUT2D eigenvalue weighted by Gasteiger charge is 2.30. The van der Waals surface area contributed by atoms with Crippen molar-refractivity contribution in [3.05, 3.63) is 29.8 Å². The first-order chi connectivity index (χ1) is 8.86. The Balaban J connectivity index is 2.03. The summed E-state index contributed by atoms with van der Waals surface area (Å²) in [5.41, 5.74) is 1.31. The van der Waals surface area contributed by atoms with E-state index in [-0.39, 0.29) is 0 Å². The number of nitrogens with one attached hydrogen (secondary N) is 1. The van der Waals surface area contributed by atoms with Crippen molar-refractivity contribution in [2.24, 2.45) is 0 Å². The minimum Gasteiger partial charge on any atom is -0.493 e. The third-order valence-corrected chi connectivity index (χ3v) is 3.33. The molecule has 1 aliphatic heterocycles. The van der Waals surface area contributed by atoms with E-state index in [0.29, 0.717) is 12.0 Å². The third-order valence-electron chi connectivity index (χ3n) is 3.33. The van der Waals surface area contributed by atoms with E-state index < -0.39 is 0 Å². The molecule has 0 amide bonds. The van der Waals surface area contributed by atoms with Gasteiger partial charge in [0.25, 0.3) is 0 Å². The maximum atomic E-state index is 5.75. The molecule has 0 aliphatic carbocycles. The fourth-order valence-electron chi connectivity index (χ4n) is 2.45. The van der Waals surface area contributed by atoms with Crippen LogP contribution >= 0.6 is 0 Å². The topological polar surface area (TPSA) is 30.5 Å². The molecule has 1 aromatic rings. The molecule has 0 saturated carbocycles. The molecule has 3 heteroatoms. The SMILES string of the molecule is CCCOCC(NCC)C1COc2ccccc21. The van der Waals surface area contributed by atoms with Crippen LogP contribution in [0.2, 0.25) is 0 Å². The number of hydrogen-bond acceptors (Lipinski definition) is 3. The van der Waals surface area contributed by atoms with E-state index >= 15 is 0 Å². The number of rotatable bonds is 7. The molecule has 18 heavy (non-hydrogen) atoms. The van der Waals surface area contributed by atoms with Crippen molar-refractivity contribution >= 4 is 0 Å². The Labute approximate surface area is 109 Å². The number of fused-ring (bicyclic) bond motifs is 1. The van der Waals surface area contributed by atoms with E-state index in [9.17, 15) is 0 Å². The second-order valence-corrected chi connectivity index (χ2v) is 4.69. The molecule has 0 aromatic heterocycles. The Morgan fingerprint density at radius 2 is 2.22 bits per heavy atom. The van der Waals surface area contributed by atoms with Gasteiger partial charge < -0.3 is 14.8 Å². The summed E-state index contributed by atoms with van der Waals surface area (Å²) in [7, 11) is 0. The Kier molecular flexibility index (Phi) is 5.02. The van der Waals surface area contributed by atoms with Gasteiger partial charge in [-0.2, -0.15) is 0 Å². The largest absolute Gasteiger partial charge is 0.493 e. The second-order valence-electron chi connectivity index (χ2n) is 4.69. The van der Waals surface area contributed by atoms with Gasteiger partial charge in [0.1, 0.15) is 5.75 Å². The van der Waals surface area contributed by atoms with Crippen LogP contribution < -0.4 is 10.1 Å². The van der Waals surface area contributed by atoms with Crippen molar-refractivity contribution in [2.45, 2.75) is 32.2 Å². The quantitative estimate of drug-likeness (QED) is 0.753. The summed E-state index contributed by atoms with van der Waals surface area (Å²) in [6.45, 7) is 7.57. The number of hydrogen-bond donors (Lipinski definition) is 1. The van der Waals surface area contributed by atoms with Crippen LogP contribution in [0.4, 0.5) is 0 Å². The zero-order valence-electron chi connectivity index (χ0n) is 11.3. The van der Waals surface area contributed by atoms with E-state index in [1.807, 2.05) is 12.1 Å². The highest BCUT2D eigenvalue weighted by atomic mass is 16.5. The number of benzene rings is 1. The number of likely N-dealkylation sites (N-methyl/N-ethyl adjacent to an activating group) is 1. The third kappa shape index (κ3) is 3.03. The summed E-state index contributed by atoms with van der Waals surface area (Å²) in [6.07, 6.45) is 1.07. The lowest BCUT2D eigenvalue weighted by molar-refractivity contribution is 0.101. The first-order valence-electron chi connectivity index (χ1n) is 6.89. The Morgan fingerprint density at radius 1 is 1.39 bits per heavy atom. The molecule has 0 bridgehead atoms. The summed E-state index contributed by atoms with van der Waals surface area (Å²) in [5, 5.41) is 3.52. The van der Waals surface area contributed by atoms with Gasteiger partial charge in [0.2, 0.25) is 0 Å². The molecule has 2 rings (SSSR count). The fourth-order valence-corrected chi connectivity index (χ4v) is 2.45. The number of ether oxygens (including phenoxy) is 2. The molecule has 0 saturated heterocycles. The average molecular weight is 249 g/mol. The standard InChI is InChI=1S/C15H23NO2/c1-3-9-17-11-14(16-4-2)13-10-18-15-8-6-5-7-12(13)15/h5-8,13-14,16H,3-4,9-11H2,1-2H3. The Morgan fingerprint density at radius 3 is 3.00 bits per heavy atom. The van der Waals surface area contributed by atoms with Crippen molar-refractivity contribution in [2.75, 3.05) is 26.4 Å². The highest BCUT2D eigenvalue weighted by Crippen LogP contribution is 2.35. The van der Waals surface area contributed by atoms with E-state index in [2.05, 4.69) is 31.3 Å². The maximum absolute atomic E-state index is 5.75. The fraction of sp³-hybridized carbons (Fsp3) is 0.600. The summed E-state index contributed by atoms with van der Waals surface area (Å²) in [4.78, 5) is 0. The first-order valence-corrected chi connectivity index (χ1v) is 6.89. The van der Waals surface area contributed by atoms with Crippen molar-refractivity contribution < 1.29 is 9.47 Å². The van der Waals surface area contributed by atoms with Crippen LogP contribution in [-0.2, 0) is 4.74 Å². The predicted octanol–water partition coefficient (Wildman–Crippen LogP) is 2.57. The lowest BCUT2D eigenvalue weighted by Crippen LogP contribution is -2.39. The van der Waals surface area contributed by atoms with Gasteiger partial charge in [0, 0.05) is 24.1 Å². The molecule has 0 fully saturated rings. The summed E-state index contributed by atoms with van der Waals surface area (Å²) >= 11 is 0. The van der Waals surface area contributed by atoms with Crippen LogP contribution in [0.25, 0.3) is 0 Å². The lowest BCUT2D eigenvalue weighted by Gasteiger charge is -2.23. The minimum atomic E-state index is 0.338. The maximum Gasteiger partial charge on any atom is 0.122 e. The van der Waals surface area contributed by atoms with Gasteiger partial charge in [-0.3, -0.25) is 0 Å². The van der Waals surface area contributed by atoms with Crippen LogP contribution in [-0.4, -0.2) is 32.4 Å². The smallest absolute Gasteiger partial charge is 0.122 e. The van der Waals surface area contributed by atoms with Crippen molar-refractivity contribution in [1.82, 2.24) is 5.32 Å². The van der Waals surface area contributed by atoms with Crippen molar-refractivity contribution in [1.29, 1.82) is 0 Å². The second kappa shape index (κ2) is 6.76. The van der Waals surface area contributed by atoms with Crippen LogP contribution in [0.1, 0.15) is 31.7 Å². The van der Waals surface area contributed by atoms with Crippen LogP contribution in [0.5, 0.6) is 5.75 Å². The van der Waals surface area contributed by atoms with Gasteiger partial charge in [0.15, 0.2) is 0 Å². The highest BCUT2D eigenvalue weighted by molar-refractivity contribution is 5.40. The molecule has 0 radical (unpaired) electrons. The van der Waals surface area contributed by atoms with E-state index in [1.54, 1.807) is 0 Å². The lowest BCUT2D eigenvalue weighted by atomic mass is 9.94. The Hall–Kier alpha value is -1.06. The summed E-state index contributed by atoms with van der Waals surface area (Å²) < 4.78 is 11.5. The molecule has 1 heterocycles. The summed E-state index contributed by atoms with van der Waals surface area (Å²) in [6, 6.07) is 8.65. The molecule has 2 atom stereocenters. The van der Waals surface area contributed by atoms with Gasteiger partial charge in [-0.05, 0) is 19.0 Å². The molecule has 1 N–H and O–H groups in total. The van der Waals surface area contributed by atoms with Crippen LogP contribution in [0, 0.1) is 0 Å². The zero-order chi connectivity index (χ0) is 12.8. The van der Waals surface area contributed by atoms with E-state index in [1.165, 1.54) is 5.56 Å². The molecule has 1 aliphatic rings. The molecule has 2 unspecified atom stereocenters. The first kappa shape index (κ1) is 13.4. The Bertz CT molecular complexity index is 367. The molecule has 0 spiro atoms. The molecule has 100 valence electrons. The molecular weight excluding hydrogens is 226 g/mol. The van der Waals surface area contributed by atoms with E-state index in [4.69, 9.17) is 9.47 Å².